The van der Waals surface area contributed by atoms with Crippen LogP contribution in [-0.2, 0) is 4.79 Å². The Morgan fingerprint density at radius 3 is 2.05 bits per heavy atom. The van der Waals surface area contributed by atoms with Gasteiger partial charge in [0.05, 0.1) is 0 Å². The van der Waals surface area contributed by atoms with Crippen LogP contribution in [0.1, 0.15) is 35.0 Å². The summed E-state index contributed by atoms with van der Waals surface area (Å²) in [7, 11) is 0. The molecule has 0 aromatic heterocycles. The first kappa shape index (κ1) is 13.4. The van der Waals surface area contributed by atoms with Gasteiger partial charge in [0.1, 0.15) is 5.78 Å². The largest absolute Gasteiger partial charge is 0.299 e. The predicted molar refractivity (Wildman–Crippen MR) is 84.7 cm³/mol. The number of hydrogen-bond donors (Lipinski definition) is 0. The molecule has 0 N–H and O–H groups in total. The highest BCUT2D eigenvalue weighted by Gasteiger charge is 2.35. The van der Waals surface area contributed by atoms with Crippen LogP contribution < -0.4 is 0 Å². The predicted octanol–water partition coefficient (Wildman–Crippen LogP) is 4.81. The Hall–Kier alpha value is -1.54. The van der Waals surface area contributed by atoms with E-state index < -0.39 is 0 Å². The molecule has 3 rings (SSSR count). The van der Waals surface area contributed by atoms with E-state index in [1.54, 1.807) is 0 Å². The van der Waals surface area contributed by atoms with Gasteiger partial charge >= 0.3 is 0 Å². The normalized spacial score (nSPS) is 26.4. The fourth-order valence-electron chi connectivity index (χ4n) is 2.75. The van der Waals surface area contributed by atoms with Gasteiger partial charge in [-0.3, -0.25) is 4.79 Å². The smallest absolute Gasteiger partial charge is 0.138 e. The Morgan fingerprint density at radius 2 is 1.45 bits per heavy atom. The van der Waals surface area contributed by atoms with Crippen LogP contribution in [0.2, 0.25) is 0 Å². The van der Waals surface area contributed by atoms with Crippen molar-refractivity contribution in [2.75, 3.05) is 0 Å². The zero-order chi connectivity index (χ0) is 13.9. The molecule has 0 saturated carbocycles. The zero-order valence-corrected chi connectivity index (χ0v) is 12.3. The summed E-state index contributed by atoms with van der Waals surface area (Å²) in [5.74, 6) is 0.480. The van der Waals surface area contributed by atoms with E-state index in [0.717, 1.165) is 0 Å². The lowest BCUT2D eigenvalue weighted by Gasteiger charge is -2.33. The number of carbonyl (C=O) groups is 1. The molecule has 1 saturated heterocycles. The Labute approximate surface area is 124 Å². The third-order valence-corrected chi connectivity index (χ3v) is 5.70. The van der Waals surface area contributed by atoms with E-state index in [-0.39, 0.29) is 16.4 Å². The van der Waals surface area contributed by atoms with Crippen molar-refractivity contribution in [3.8, 4) is 0 Å². The Morgan fingerprint density at radius 1 is 0.900 bits per heavy atom. The number of ketones is 1. The summed E-state index contributed by atoms with van der Waals surface area (Å²) in [6.07, 6.45) is 0.652. The average molecular weight is 282 g/mol. The standard InChI is InChI=1S/C18H18OS/c1-13-16(19)12-17(14-8-4-2-5-9-14)20-18(13)15-10-6-3-7-11-15/h2-11,13,17-18H,12H2,1H3. The monoisotopic (exact) mass is 282 g/mol. The van der Waals surface area contributed by atoms with Crippen LogP contribution in [0.4, 0.5) is 0 Å². The minimum Gasteiger partial charge on any atom is -0.299 e. The van der Waals surface area contributed by atoms with Gasteiger partial charge in [0.25, 0.3) is 0 Å². The first-order chi connectivity index (χ1) is 9.75. The maximum atomic E-state index is 12.3. The topological polar surface area (TPSA) is 17.1 Å². The van der Waals surface area contributed by atoms with E-state index in [9.17, 15) is 4.79 Å². The van der Waals surface area contributed by atoms with E-state index in [0.29, 0.717) is 12.2 Å². The minimum absolute atomic E-state index is 0.0994. The fourth-order valence-corrected chi connectivity index (χ4v) is 4.38. The van der Waals surface area contributed by atoms with Crippen molar-refractivity contribution < 1.29 is 4.79 Å². The van der Waals surface area contributed by atoms with Crippen LogP contribution in [0.15, 0.2) is 60.7 Å². The lowest BCUT2D eigenvalue weighted by Crippen LogP contribution is -2.25. The lowest BCUT2D eigenvalue weighted by molar-refractivity contribution is -0.122. The third kappa shape index (κ3) is 2.66. The highest BCUT2D eigenvalue weighted by Crippen LogP contribution is 2.51. The highest BCUT2D eigenvalue weighted by molar-refractivity contribution is 7.99. The van der Waals surface area contributed by atoms with Crippen molar-refractivity contribution in [1.29, 1.82) is 0 Å². The number of benzene rings is 2. The molecule has 2 aromatic carbocycles. The second-order valence-electron chi connectivity index (χ2n) is 5.33. The van der Waals surface area contributed by atoms with Gasteiger partial charge in [-0.05, 0) is 11.1 Å². The number of hydrogen-bond acceptors (Lipinski definition) is 2. The van der Waals surface area contributed by atoms with E-state index in [1.165, 1.54) is 11.1 Å². The van der Waals surface area contributed by atoms with Crippen molar-refractivity contribution >= 4 is 17.5 Å². The van der Waals surface area contributed by atoms with Crippen LogP contribution in [0.3, 0.4) is 0 Å². The Bertz CT molecular complexity index is 579. The second kappa shape index (κ2) is 5.84. The number of rotatable bonds is 2. The second-order valence-corrected chi connectivity index (χ2v) is 6.67. The molecule has 1 aliphatic heterocycles. The molecule has 0 amide bonds. The first-order valence-corrected chi connectivity index (χ1v) is 7.98. The van der Waals surface area contributed by atoms with Crippen LogP contribution in [0.5, 0.6) is 0 Å². The molecule has 1 nitrogen and oxygen atoms in total. The maximum Gasteiger partial charge on any atom is 0.138 e. The molecule has 0 radical (unpaired) electrons. The summed E-state index contributed by atoms with van der Waals surface area (Å²) in [5, 5.41) is 0.549. The molecular weight excluding hydrogens is 264 g/mol. The molecule has 102 valence electrons. The number of Topliss-reactive ketones (excluding diaryl/α,β-unsaturated/α-hetero) is 1. The SMILES string of the molecule is CC1C(=O)CC(c2ccccc2)SC1c1ccccc1. The summed E-state index contributed by atoms with van der Waals surface area (Å²) in [5.41, 5.74) is 2.53. The molecule has 20 heavy (non-hydrogen) atoms. The van der Waals surface area contributed by atoms with Gasteiger partial charge in [0.2, 0.25) is 0 Å². The Balaban J connectivity index is 1.89. The van der Waals surface area contributed by atoms with Crippen molar-refractivity contribution in [3.05, 3.63) is 71.8 Å². The number of thioether (sulfide) groups is 1. The molecule has 0 bridgehead atoms. The lowest BCUT2D eigenvalue weighted by atomic mass is 9.92. The summed E-state index contributed by atoms with van der Waals surface area (Å²) in [6, 6.07) is 20.8. The van der Waals surface area contributed by atoms with Gasteiger partial charge in [-0.25, -0.2) is 0 Å². The van der Waals surface area contributed by atoms with Crippen molar-refractivity contribution in [1.82, 2.24) is 0 Å². The van der Waals surface area contributed by atoms with Crippen molar-refractivity contribution in [2.45, 2.75) is 23.8 Å². The van der Waals surface area contributed by atoms with Crippen LogP contribution >= 0.6 is 11.8 Å². The van der Waals surface area contributed by atoms with Crippen LogP contribution in [0, 0.1) is 5.92 Å². The third-order valence-electron chi connectivity index (χ3n) is 3.96. The van der Waals surface area contributed by atoms with Crippen LogP contribution in [0.25, 0.3) is 0 Å². The summed E-state index contributed by atoms with van der Waals surface area (Å²) < 4.78 is 0. The summed E-state index contributed by atoms with van der Waals surface area (Å²) in [4.78, 5) is 12.3. The molecule has 1 heterocycles. The van der Waals surface area contributed by atoms with Crippen molar-refractivity contribution in [3.63, 3.8) is 0 Å². The maximum absolute atomic E-state index is 12.3. The quantitative estimate of drug-likeness (QED) is 0.786. The molecule has 3 unspecified atom stereocenters. The zero-order valence-electron chi connectivity index (χ0n) is 11.5. The molecule has 3 atom stereocenters. The molecule has 1 fully saturated rings. The van der Waals surface area contributed by atoms with Gasteiger partial charge in [-0.15, -0.1) is 11.8 Å². The van der Waals surface area contributed by atoms with Gasteiger partial charge < -0.3 is 0 Å². The van der Waals surface area contributed by atoms with E-state index in [2.05, 4.69) is 55.5 Å². The summed E-state index contributed by atoms with van der Waals surface area (Å²) >= 11 is 1.93. The van der Waals surface area contributed by atoms with E-state index in [1.807, 2.05) is 23.9 Å². The summed E-state index contributed by atoms with van der Waals surface area (Å²) in [6.45, 7) is 2.06. The first-order valence-electron chi connectivity index (χ1n) is 7.04. The van der Waals surface area contributed by atoms with Gasteiger partial charge in [-0.1, -0.05) is 67.6 Å². The fraction of sp³-hybridized carbons (Fsp3) is 0.278. The molecular formula is C18H18OS. The van der Waals surface area contributed by atoms with Gasteiger partial charge in [0, 0.05) is 22.8 Å². The van der Waals surface area contributed by atoms with E-state index in [4.69, 9.17) is 0 Å². The highest BCUT2D eigenvalue weighted by atomic mass is 32.2. The molecule has 1 aliphatic rings. The number of carbonyl (C=O) groups excluding carboxylic acids is 1. The van der Waals surface area contributed by atoms with Crippen molar-refractivity contribution in [2.24, 2.45) is 5.92 Å². The molecule has 2 heteroatoms. The average Bonchev–Trinajstić information content (AvgIpc) is 2.51. The molecule has 2 aromatic rings. The van der Waals surface area contributed by atoms with Crippen LogP contribution in [-0.4, -0.2) is 5.78 Å². The molecule has 0 aliphatic carbocycles. The van der Waals surface area contributed by atoms with E-state index >= 15 is 0 Å². The minimum atomic E-state index is 0.0994. The van der Waals surface area contributed by atoms with Gasteiger partial charge in [-0.2, -0.15) is 0 Å². The molecule has 0 spiro atoms. The van der Waals surface area contributed by atoms with Gasteiger partial charge in [0.15, 0.2) is 0 Å². The Kier molecular flexibility index (Phi) is 3.93.